The molecule has 3 unspecified atom stereocenters. The van der Waals surface area contributed by atoms with Crippen LogP contribution in [0, 0.1) is 33.5 Å². The van der Waals surface area contributed by atoms with Crippen LogP contribution in [0.1, 0.15) is 82.1 Å². The summed E-state index contributed by atoms with van der Waals surface area (Å²) in [5.74, 6) is 1.62. The summed E-state index contributed by atoms with van der Waals surface area (Å²) in [5.41, 5.74) is 1.68. The lowest BCUT2D eigenvalue weighted by atomic mass is 9.43. The van der Waals surface area contributed by atoms with E-state index in [1.165, 1.54) is 12.8 Å². The Morgan fingerprint density at radius 3 is 1.67 bits per heavy atom. The maximum atomic E-state index is 2.56. The molecule has 0 heterocycles. The maximum Gasteiger partial charge on any atom is -0.0236 e. The molecule has 3 atom stereocenters. The molecule has 18 heavy (non-hydrogen) atoms. The van der Waals surface area contributed by atoms with Gasteiger partial charge in [0.2, 0.25) is 0 Å². The van der Waals surface area contributed by atoms with Gasteiger partial charge in [0.25, 0.3) is 0 Å². The first-order valence-electron chi connectivity index (χ1n) is 7.71. The third-order valence-electron chi connectivity index (χ3n) is 5.62. The molecule has 0 amide bonds. The van der Waals surface area contributed by atoms with Crippen LogP contribution in [0.25, 0.3) is 0 Å². The quantitative estimate of drug-likeness (QED) is 0.484. The zero-order valence-corrected chi connectivity index (χ0v) is 14.6. The topological polar surface area (TPSA) is 0 Å². The SMILES string of the molecule is CC1CC(C)(C)CC(C)(C(C)(C)C)C1C(C)(C)C. The second-order valence-corrected chi connectivity index (χ2v) is 10.0. The third kappa shape index (κ3) is 2.78. The van der Waals surface area contributed by atoms with Crippen LogP contribution >= 0.6 is 0 Å². The lowest BCUT2D eigenvalue weighted by molar-refractivity contribution is -0.124. The van der Waals surface area contributed by atoms with E-state index in [9.17, 15) is 0 Å². The monoisotopic (exact) mass is 252 g/mol. The summed E-state index contributed by atoms with van der Waals surface area (Å²) in [6, 6.07) is 0. The van der Waals surface area contributed by atoms with Crippen molar-refractivity contribution in [2.45, 2.75) is 82.1 Å². The van der Waals surface area contributed by atoms with Crippen molar-refractivity contribution in [2.24, 2.45) is 33.5 Å². The van der Waals surface area contributed by atoms with Gasteiger partial charge in [-0.2, -0.15) is 0 Å². The van der Waals surface area contributed by atoms with Crippen molar-refractivity contribution in [3.05, 3.63) is 0 Å². The van der Waals surface area contributed by atoms with Gasteiger partial charge in [-0.1, -0.05) is 69.2 Å². The minimum atomic E-state index is 0.372. The van der Waals surface area contributed by atoms with Gasteiger partial charge in [-0.15, -0.1) is 0 Å². The average molecular weight is 252 g/mol. The summed E-state index contributed by atoms with van der Waals surface area (Å²) < 4.78 is 0. The maximum absolute atomic E-state index is 2.56. The first-order chi connectivity index (χ1) is 7.71. The predicted molar refractivity (Wildman–Crippen MR) is 82.7 cm³/mol. The van der Waals surface area contributed by atoms with E-state index < -0.39 is 0 Å². The summed E-state index contributed by atoms with van der Waals surface area (Å²) in [6.45, 7) is 24.6. The fraction of sp³-hybridized carbons (Fsp3) is 1.00. The van der Waals surface area contributed by atoms with E-state index in [4.69, 9.17) is 0 Å². The Bertz CT molecular complexity index is 297. The highest BCUT2D eigenvalue weighted by atomic mass is 14.6. The van der Waals surface area contributed by atoms with Crippen LogP contribution in [-0.4, -0.2) is 0 Å². The molecule has 0 nitrogen and oxygen atoms in total. The van der Waals surface area contributed by atoms with Gasteiger partial charge >= 0.3 is 0 Å². The number of hydrogen-bond acceptors (Lipinski definition) is 0. The van der Waals surface area contributed by atoms with Crippen molar-refractivity contribution < 1.29 is 0 Å². The van der Waals surface area contributed by atoms with Gasteiger partial charge < -0.3 is 0 Å². The van der Waals surface area contributed by atoms with Crippen molar-refractivity contribution in [3.8, 4) is 0 Å². The van der Waals surface area contributed by atoms with Gasteiger partial charge in [-0.3, -0.25) is 0 Å². The first kappa shape index (κ1) is 16.1. The third-order valence-corrected chi connectivity index (χ3v) is 5.62. The van der Waals surface area contributed by atoms with Crippen LogP contribution in [0.3, 0.4) is 0 Å². The molecule has 0 aromatic heterocycles. The predicted octanol–water partition coefficient (Wildman–Crippen LogP) is 6.16. The average Bonchev–Trinajstić information content (AvgIpc) is 1.92. The van der Waals surface area contributed by atoms with Gasteiger partial charge in [0.15, 0.2) is 0 Å². The molecule has 1 rings (SSSR count). The summed E-state index contributed by atoms with van der Waals surface area (Å²) >= 11 is 0. The van der Waals surface area contributed by atoms with Crippen LogP contribution in [0.15, 0.2) is 0 Å². The molecule has 0 radical (unpaired) electrons. The molecule has 1 saturated carbocycles. The highest BCUT2D eigenvalue weighted by Gasteiger charge is 2.55. The molecule has 1 fully saturated rings. The highest BCUT2D eigenvalue weighted by Crippen LogP contribution is 2.63. The molecule has 108 valence electrons. The van der Waals surface area contributed by atoms with Crippen molar-refractivity contribution >= 4 is 0 Å². The molecule has 0 aromatic rings. The zero-order chi connectivity index (χ0) is 14.6. The summed E-state index contributed by atoms with van der Waals surface area (Å²) in [5, 5.41) is 0. The summed E-state index contributed by atoms with van der Waals surface area (Å²) in [6.07, 6.45) is 2.73. The Balaban J connectivity index is 3.30. The van der Waals surface area contributed by atoms with E-state index in [1.54, 1.807) is 0 Å². The molecule has 0 saturated heterocycles. The van der Waals surface area contributed by atoms with E-state index in [0.29, 0.717) is 21.7 Å². The van der Waals surface area contributed by atoms with Crippen LogP contribution in [0.5, 0.6) is 0 Å². The minimum Gasteiger partial charge on any atom is -0.0622 e. The van der Waals surface area contributed by atoms with Gasteiger partial charge in [-0.25, -0.2) is 0 Å². The van der Waals surface area contributed by atoms with Gasteiger partial charge in [-0.05, 0) is 46.3 Å². The van der Waals surface area contributed by atoms with Crippen LogP contribution in [-0.2, 0) is 0 Å². The molecule has 1 aliphatic carbocycles. The molecule has 0 aliphatic heterocycles. The molecule has 0 aromatic carbocycles. The van der Waals surface area contributed by atoms with E-state index in [2.05, 4.69) is 69.2 Å². The Morgan fingerprint density at radius 2 is 1.33 bits per heavy atom. The standard InChI is InChI=1S/C18H36/c1-13-11-17(8,9)12-18(10,16(5,6)7)14(13)15(2,3)4/h13-14H,11-12H2,1-10H3. The van der Waals surface area contributed by atoms with Crippen molar-refractivity contribution in [2.75, 3.05) is 0 Å². The van der Waals surface area contributed by atoms with Crippen molar-refractivity contribution in [3.63, 3.8) is 0 Å². The second kappa shape index (κ2) is 4.25. The fourth-order valence-corrected chi connectivity index (χ4v) is 5.33. The minimum absolute atomic E-state index is 0.372. The Labute approximate surface area is 116 Å². The molecule has 1 aliphatic rings. The van der Waals surface area contributed by atoms with Gasteiger partial charge in [0.05, 0.1) is 0 Å². The second-order valence-electron chi connectivity index (χ2n) is 10.0. The number of rotatable bonds is 0. The van der Waals surface area contributed by atoms with E-state index >= 15 is 0 Å². The van der Waals surface area contributed by atoms with Crippen LogP contribution < -0.4 is 0 Å². The van der Waals surface area contributed by atoms with Crippen molar-refractivity contribution in [1.82, 2.24) is 0 Å². The number of hydrogen-bond donors (Lipinski definition) is 0. The zero-order valence-electron chi connectivity index (χ0n) is 14.6. The Hall–Kier alpha value is 0. The summed E-state index contributed by atoms with van der Waals surface area (Å²) in [7, 11) is 0. The lowest BCUT2D eigenvalue weighted by Crippen LogP contribution is -2.54. The highest BCUT2D eigenvalue weighted by molar-refractivity contribution is 5.04. The molecular weight excluding hydrogens is 216 g/mol. The van der Waals surface area contributed by atoms with Gasteiger partial charge in [0, 0.05) is 0 Å². The molecular formula is C18H36. The Morgan fingerprint density at radius 1 is 0.889 bits per heavy atom. The van der Waals surface area contributed by atoms with Crippen LogP contribution in [0.4, 0.5) is 0 Å². The van der Waals surface area contributed by atoms with Gasteiger partial charge in [0.1, 0.15) is 0 Å². The van der Waals surface area contributed by atoms with E-state index in [0.717, 1.165) is 11.8 Å². The largest absolute Gasteiger partial charge is 0.0622 e. The molecule has 0 bridgehead atoms. The van der Waals surface area contributed by atoms with Crippen molar-refractivity contribution in [1.29, 1.82) is 0 Å². The lowest BCUT2D eigenvalue weighted by Gasteiger charge is -2.61. The smallest absolute Gasteiger partial charge is 0.0236 e. The Kier molecular flexibility index (Phi) is 3.79. The normalized spacial score (nSPS) is 37.7. The molecule has 0 heteroatoms. The molecule has 0 N–H and O–H groups in total. The van der Waals surface area contributed by atoms with E-state index in [-0.39, 0.29) is 0 Å². The van der Waals surface area contributed by atoms with E-state index in [1.807, 2.05) is 0 Å². The first-order valence-corrected chi connectivity index (χ1v) is 7.71. The summed E-state index contributed by atoms with van der Waals surface area (Å²) in [4.78, 5) is 0. The molecule has 0 spiro atoms. The van der Waals surface area contributed by atoms with Crippen LogP contribution in [0.2, 0.25) is 0 Å². The fourth-order valence-electron chi connectivity index (χ4n) is 5.33.